The van der Waals surface area contributed by atoms with Crippen LogP contribution in [0.1, 0.15) is 0 Å². The van der Waals surface area contributed by atoms with E-state index in [2.05, 4.69) is 4.98 Å². The zero-order valence-corrected chi connectivity index (χ0v) is 11.5. The number of rotatable bonds is 3. The van der Waals surface area contributed by atoms with Crippen molar-refractivity contribution < 1.29 is 14.3 Å². The van der Waals surface area contributed by atoms with Gasteiger partial charge < -0.3 is 9.67 Å². The Morgan fingerprint density at radius 2 is 2.00 bits per heavy atom. The highest BCUT2D eigenvalue weighted by molar-refractivity contribution is 6.31. The third-order valence-electron chi connectivity index (χ3n) is 3.14. The van der Waals surface area contributed by atoms with Crippen molar-refractivity contribution in [2.24, 2.45) is 0 Å². The van der Waals surface area contributed by atoms with E-state index in [4.69, 9.17) is 16.7 Å². The molecular weight excluding hydrogens is 295 g/mol. The van der Waals surface area contributed by atoms with E-state index in [1.807, 2.05) is 0 Å². The average molecular weight is 305 g/mol. The summed E-state index contributed by atoms with van der Waals surface area (Å²) in [5, 5.41) is 9.05. The van der Waals surface area contributed by atoms with Gasteiger partial charge in [-0.05, 0) is 24.3 Å². The molecule has 1 aromatic heterocycles. The Hall–Kier alpha value is -2.40. The Bertz CT molecular complexity index is 845. The van der Waals surface area contributed by atoms with Crippen molar-refractivity contribution in [3.05, 3.63) is 53.3 Å². The van der Waals surface area contributed by atoms with Crippen molar-refractivity contribution in [3.8, 4) is 11.4 Å². The van der Waals surface area contributed by atoms with Gasteiger partial charge in [-0.2, -0.15) is 0 Å². The van der Waals surface area contributed by atoms with Crippen LogP contribution < -0.4 is 0 Å². The number of halogens is 2. The zero-order valence-electron chi connectivity index (χ0n) is 10.8. The van der Waals surface area contributed by atoms with E-state index >= 15 is 0 Å². The van der Waals surface area contributed by atoms with E-state index in [0.29, 0.717) is 11.0 Å². The predicted octanol–water partition coefficient (Wildman–Crippen LogP) is 3.58. The van der Waals surface area contributed by atoms with Crippen molar-refractivity contribution in [3.63, 3.8) is 0 Å². The Labute approximate surface area is 124 Å². The molecule has 0 radical (unpaired) electrons. The molecule has 21 heavy (non-hydrogen) atoms. The van der Waals surface area contributed by atoms with Crippen LogP contribution in [-0.2, 0) is 11.3 Å². The lowest BCUT2D eigenvalue weighted by Gasteiger charge is -2.08. The van der Waals surface area contributed by atoms with Crippen molar-refractivity contribution in [2.75, 3.05) is 0 Å². The molecule has 4 nitrogen and oxygen atoms in total. The molecule has 0 aliphatic rings. The molecule has 0 saturated heterocycles. The lowest BCUT2D eigenvalue weighted by Crippen LogP contribution is -2.10. The van der Waals surface area contributed by atoms with Crippen LogP contribution in [-0.4, -0.2) is 20.6 Å². The van der Waals surface area contributed by atoms with E-state index in [1.54, 1.807) is 30.3 Å². The van der Waals surface area contributed by atoms with Crippen LogP contribution in [0.3, 0.4) is 0 Å². The monoisotopic (exact) mass is 304 g/mol. The SMILES string of the molecule is O=C(O)Cn1c(-c2cccc(Cl)c2F)nc2ccccc21. The van der Waals surface area contributed by atoms with Crippen LogP contribution in [0.25, 0.3) is 22.4 Å². The van der Waals surface area contributed by atoms with E-state index in [-0.39, 0.29) is 23.0 Å². The Morgan fingerprint density at radius 1 is 1.24 bits per heavy atom. The third-order valence-corrected chi connectivity index (χ3v) is 3.43. The van der Waals surface area contributed by atoms with E-state index in [9.17, 15) is 9.18 Å². The van der Waals surface area contributed by atoms with Crippen LogP contribution in [0, 0.1) is 5.82 Å². The third kappa shape index (κ3) is 2.36. The van der Waals surface area contributed by atoms with Gasteiger partial charge in [0.05, 0.1) is 21.6 Å². The van der Waals surface area contributed by atoms with Gasteiger partial charge in [-0.25, -0.2) is 9.37 Å². The number of nitrogens with zero attached hydrogens (tertiary/aromatic N) is 2. The Kier molecular flexibility index (Phi) is 3.35. The summed E-state index contributed by atoms with van der Waals surface area (Å²) < 4.78 is 15.7. The smallest absolute Gasteiger partial charge is 0.323 e. The number of hydrogen-bond acceptors (Lipinski definition) is 2. The summed E-state index contributed by atoms with van der Waals surface area (Å²) >= 11 is 5.79. The van der Waals surface area contributed by atoms with Gasteiger partial charge in [-0.15, -0.1) is 0 Å². The molecule has 0 amide bonds. The van der Waals surface area contributed by atoms with Gasteiger partial charge in [0.1, 0.15) is 12.4 Å². The first-order chi connectivity index (χ1) is 10.1. The second-order valence-corrected chi connectivity index (χ2v) is 4.91. The lowest BCUT2D eigenvalue weighted by atomic mass is 10.2. The van der Waals surface area contributed by atoms with Crippen molar-refractivity contribution in [1.82, 2.24) is 9.55 Å². The molecule has 106 valence electrons. The van der Waals surface area contributed by atoms with Gasteiger partial charge in [0, 0.05) is 0 Å². The first-order valence-electron chi connectivity index (χ1n) is 6.19. The van der Waals surface area contributed by atoms with Gasteiger partial charge in [0.15, 0.2) is 5.82 Å². The molecule has 1 heterocycles. The van der Waals surface area contributed by atoms with Crippen LogP contribution in [0.2, 0.25) is 5.02 Å². The number of hydrogen-bond donors (Lipinski definition) is 1. The maximum absolute atomic E-state index is 14.2. The molecule has 0 fully saturated rings. The van der Waals surface area contributed by atoms with E-state index in [1.165, 1.54) is 16.7 Å². The van der Waals surface area contributed by atoms with Gasteiger partial charge in [-0.1, -0.05) is 29.8 Å². The predicted molar refractivity (Wildman–Crippen MR) is 77.8 cm³/mol. The number of carboxylic acids is 1. The fourth-order valence-corrected chi connectivity index (χ4v) is 2.43. The van der Waals surface area contributed by atoms with Crippen molar-refractivity contribution in [2.45, 2.75) is 6.54 Å². The van der Waals surface area contributed by atoms with Crippen LogP contribution >= 0.6 is 11.6 Å². The number of fused-ring (bicyclic) bond motifs is 1. The number of carbonyl (C=O) groups is 1. The lowest BCUT2D eigenvalue weighted by molar-refractivity contribution is -0.137. The molecule has 2 aromatic carbocycles. The summed E-state index contributed by atoms with van der Waals surface area (Å²) in [4.78, 5) is 15.4. The molecule has 0 bridgehead atoms. The van der Waals surface area contributed by atoms with E-state index in [0.717, 1.165) is 0 Å². The summed E-state index contributed by atoms with van der Waals surface area (Å²) in [6, 6.07) is 11.6. The summed E-state index contributed by atoms with van der Waals surface area (Å²) in [7, 11) is 0. The van der Waals surface area contributed by atoms with Crippen LogP contribution in [0.5, 0.6) is 0 Å². The molecule has 3 rings (SSSR count). The fraction of sp³-hybridized carbons (Fsp3) is 0.0667. The van der Waals surface area contributed by atoms with Crippen molar-refractivity contribution >= 4 is 28.6 Å². The number of para-hydroxylation sites is 2. The largest absolute Gasteiger partial charge is 0.480 e. The second kappa shape index (κ2) is 5.18. The highest BCUT2D eigenvalue weighted by Crippen LogP contribution is 2.29. The first kappa shape index (κ1) is 13.6. The van der Waals surface area contributed by atoms with E-state index < -0.39 is 11.8 Å². The normalized spacial score (nSPS) is 11.0. The fourth-order valence-electron chi connectivity index (χ4n) is 2.25. The van der Waals surface area contributed by atoms with Crippen LogP contribution in [0.4, 0.5) is 4.39 Å². The number of aliphatic carboxylic acids is 1. The van der Waals surface area contributed by atoms with Gasteiger partial charge in [0.2, 0.25) is 0 Å². The molecule has 0 saturated carbocycles. The zero-order chi connectivity index (χ0) is 15.0. The minimum atomic E-state index is -1.03. The molecule has 0 spiro atoms. The summed E-state index contributed by atoms with van der Waals surface area (Å²) in [6.45, 7) is -0.304. The molecule has 0 aliphatic heterocycles. The minimum Gasteiger partial charge on any atom is -0.480 e. The molecular formula is C15H10ClFN2O2. The maximum atomic E-state index is 14.2. The highest BCUT2D eigenvalue weighted by Gasteiger charge is 2.18. The van der Waals surface area contributed by atoms with Crippen LogP contribution in [0.15, 0.2) is 42.5 Å². The highest BCUT2D eigenvalue weighted by atomic mass is 35.5. The number of aromatic nitrogens is 2. The quantitative estimate of drug-likeness (QED) is 0.804. The topological polar surface area (TPSA) is 55.1 Å². The number of imidazole rings is 1. The first-order valence-corrected chi connectivity index (χ1v) is 6.57. The van der Waals surface area contributed by atoms with Crippen molar-refractivity contribution in [1.29, 1.82) is 0 Å². The minimum absolute atomic E-state index is 0.0265. The van der Waals surface area contributed by atoms with Gasteiger partial charge in [0.25, 0.3) is 0 Å². The summed E-state index contributed by atoms with van der Waals surface area (Å²) in [6.07, 6.45) is 0. The molecule has 3 aromatic rings. The summed E-state index contributed by atoms with van der Waals surface area (Å²) in [5.74, 6) is -1.39. The Morgan fingerprint density at radius 3 is 2.76 bits per heavy atom. The maximum Gasteiger partial charge on any atom is 0.323 e. The second-order valence-electron chi connectivity index (χ2n) is 4.51. The number of benzene rings is 2. The van der Waals surface area contributed by atoms with Gasteiger partial charge >= 0.3 is 5.97 Å². The molecule has 0 unspecified atom stereocenters. The summed E-state index contributed by atoms with van der Waals surface area (Å²) in [5.41, 5.74) is 1.42. The molecule has 0 atom stereocenters. The van der Waals surface area contributed by atoms with Gasteiger partial charge in [-0.3, -0.25) is 4.79 Å². The molecule has 1 N–H and O–H groups in total. The average Bonchev–Trinajstić information content (AvgIpc) is 2.80. The number of carboxylic acid groups (broad SMARTS) is 1. The molecule has 0 aliphatic carbocycles. The Balaban J connectivity index is 2.31. The molecule has 6 heteroatoms. The standard InChI is InChI=1S/C15H10ClFN2O2/c16-10-5-3-4-9(14(10)17)15-18-11-6-1-2-7-12(11)19(15)8-13(20)21/h1-7H,8H2,(H,20,21).